The zero-order chi connectivity index (χ0) is 20.8. The molecule has 0 unspecified atom stereocenters. The van der Waals surface area contributed by atoms with Gasteiger partial charge in [-0.15, -0.1) is 0 Å². The maximum absolute atomic E-state index is 13.9. The van der Waals surface area contributed by atoms with Crippen LogP contribution in [0.3, 0.4) is 0 Å². The van der Waals surface area contributed by atoms with Crippen molar-refractivity contribution in [3.63, 3.8) is 0 Å². The average Bonchev–Trinajstić information content (AvgIpc) is 2.72. The number of hydrogen-bond donors (Lipinski definition) is 1. The van der Waals surface area contributed by atoms with E-state index in [1.54, 1.807) is 42.2 Å². The standard InChI is InChI=1S/C22H24ClFN2O3/c1-15-5-6-16(13-19(15)24)22(28)26-10-3-2-9-25-21(27)18-14-17(23)7-8-20(18)29-12-4-11-26/h5-8,13-14H,2-4,9-12H2,1H3,(H,25,27). The molecule has 2 aromatic rings. The lowest BCUT2D eigenvalue weighted by Gasteiger charge is -2.23. The van der Waals surface area contributed by atoms with Crippen molar-refractivity contribution in [2.75, 3.05) is 26.2 Å². The van der Waals surface area contributed by atoms with Gasteiger partial charge in [0, 0.05) is 30.2 Å². The fraction of sp³-hybridized carbons (Fsp3) is 0.364. The van der Waals surface area contributed by atoms with Crippen LogP contribution >= 0.6 is 11.6 Å². The molecule has 1 aliphatic heterocycles. The molecule has 1 heterocycles. The molecule has 1 N–H and O–H groups in total. The summed E-state index contributed by atoms with van der Waals surface area (Å²) in [5.74, 6) is -0.354. The van der Waals surface area contributed by atoms with E-state index in [0.29, 0.717) is 66.5 Å². The first kappa shape index (κ1) is 21.1. The summed E-state index contributed by atoms with van der Waals surface area (Å²) < 4.78 is 19.7. The molecule has 0 saturated carbocycles. The number of ether oxygens (including phenoxy) is 1. The molecule has 0 radical (unpaired) electrons. The minimum absolute atomic E-state index is 0.199. The normalized spacial score (nSPS) is 15.8. The second kappa shape index (κ2) is 9.74. The van der Waals surface area contributed by atoms with Crippen molar-refractivity contribution >= 4 is 23.4 Å². The molecule has 0 atom stereocenters. The van der Waals surface area contributed by atoms with Crippen LogP contribution in [0.25, 0.3) is 0 Å². The number of nitrogens with one attached hydrogen (secondary N) is 1. The van der Waals surface area contributed by atoms with Crippen LogP contribution in [0.4, 0.5) is 4.39 Å². The van der Waals surface area contributed by atoms with E-state index in [-0.39, 0.29) is 17.6 Å². The first-order valence-electron chi connectivity index (χ1n) is 9.71. The number of carbonyl (C=O) groups excluding carboxylic acids is 2. The quantitative estimate of drug-likeness (QED) is 0.754. The minimum atomic E-state index is -0.386. The van der Waals surface area contributed by atoms with Crippen molar-refractivity contribution < 1.29 is 18.7 Å². The largest absolute Gasteiger partial charge is 0.493 e. The molecule has 7 heteroatoms. The lowest BCUT2D eigenvalue weighted by Crippen LogP contribution is -2.34. The number of carbonyl (C=O) groups is 2. The van der Waals surface area contributed by atoms with Gasteiger partial charge >= 0.3 is 0 Å². The summed E-state index contributed by atoms with van der Waals surface area (Å²) in [5, 5.41) is 3.33. The Balaban J connectivity index is 1.73. The predicted molar refractivity (Wildman–Crippen MR) is 110 cm³/mol. The van der Waals surface area contributed by atoms with Crippen molar-refractivity contribution in [2.45, 2.75) is 26.2 Å². The van der Waals surface area contributed by atoms with Crippen LogP contribution in [0.2, 0.25) is 5.02 Å². The number of benzene rings is 2. The highest BCUT2D eigenvalue weighted by atomic mass is 35.5. The molecule has 2 aromatic carbocycles. The van der Waals surface area contributed by atoms with Crippen LogP contribution in [0.5, 0.6) is 5.75 Å². The molecule has 29 heavy (non-hydrogen) atoms. The summed E-state index contributed by atoms with van der Waals surface area (Å²) in [4.78, 5) is 27.0. The highest BCUT2D eigenvalue weighted by Gasteiger charge is 2.18. The summed E-state index contributed by atoms with van der Waals surface area (Å²) in [6.07, 6.45) is 2.03. The number of nitrogens with zero attached hydrogens (tertiary/aromatic N) is 1. The van der Waals surface area contributed by atoms with Gasteiger partial charge in [-0.1, -0.05) is 17.7 Å². The topological polar surface area (TPSA) is 58.6 Å². The Bertz CT molecular complexity index is 904. The first-order chi connectivity index (χ1) is 14.0. The van der Waals surface area contributed by atoms with Gasteiger partial charge < -0.3 is 15.0 Å². The lowest BCUT2D eigenvalue weighted by molar-refractivity contribution is 0.0743. The molecule has 0 bridgehead atoms. The minimum Gasteiger partial charge on any atom is -0.493 e. The van der Waals surface area contributed by atoms with Gasteiger partial charge in [-0.2, -0.15) is 0 Å². The Hall–Kier alpha value is -2.60. The van der Waals surface area contributed by atoms with Gasteiger partial charge in [0.15, 0.2) is 0 Å². The van der Waals surface area contributed by atoms with Crippen molar-refractivity contribution in [2.24, 2.45) is 0 Å². The van der Waals surface area contributed by atoms with E-state index in [1.165, 1.54) is 6.07 Å². The summed E-state index contributed by atoms with van der Waals surface area (Å²) in [7, 11) is 0. The molecule has 3 rings (SSSR count). The summed E-state index contributed by atoms with van der Waals surface area (Å²) in [5.41, 5.74) is 1.25. The smallest absolute Gasteiger partial charge is 0.255 e. The van der Waals surface area contributed by atoms with Crippen LogP contribution < -0.4 is 10.1 Å². The van der Waals surface area contributed by atoms with E-state index in [9.17, 15) is 14.0 Å². The third-order valence-electron chi connectivity index (χ3n) is 4.86. The third-order valence-corrected chi connectivity index (χ3v) is 5.10. The second-order valence-electron chi connectivity index (χ2n) is 7.06. The number of rotatable bonds is 1. The Morgan fingerprint density at radius 3 is 2.72 bits per heavy atom. The Morgan fingerprint density at radius 2 is 1.93 bits per heavy atom. The molecule has 0 saturated heterocycles. The number of halogens is 2. The highest BCUT2D eigenvalue weighted by Crippen LogP contribution is 2.23. The van der Waals surface area contributed by atoms with Gasteiger partial charge in [-0.25, -0.2) is 4.39 Å². The van der Waals surface area contributed by atoms with Crippen LogP contribution in [0.1, 0.15) is 45.5 Å². The van der Waals surface area contributed by atoms with E-state index >= 15 is 0 Å². The monoisotopic (exact) mass is 418 g/mol. The number of aryl methyl sites for hydroxylation is 1. The molecule has 0 aromatic heterocycles. The van der Waals surface area contributed by atoms with E-state index in [0.717, 1.165) is 6.42 Å². The van der Waals surface area contributed by atoms with Gasteiger partial charge in [-0.3, -0.25) is 9.59 Å². The lowest BCUT2D eigenvalue weighted by atomic mass is 10.1. The van der Waals surface area contributed by atoms with Crippen molar-refractivity contribution in [1.29, 1.82) is 0 Å². The molecule has 2 amide bonds. The number of fused-ring (bicyclic) bond motifs is 1. The number of amides is 2. The van der Waals surface area contributed by atoms with E-state index in [4.69, 9.17) is 16.3 Å². The van der Waals surface area contributed by atoms with Crippen molar-refractivity contribution in [3.05, 3.63) is 63.9 Å². The van der Waals surface area contributed by atoms with Crippen molar-refractivity contribution in [1.82, 2.24) is 10.2 Å². The molecule has 0 spiro atoms. The van der Waals surface area contributed by atoms with Crippen LogP contribution in [-0.4, -0.2) is 43.0 Å². The van der Waals surface area contributed by atoms with Crippen LogP contribution in [0, 0.1) is 12.7 Å². The fourth-order valence-electron chi connectivity index (χ4n) is 3.19. The van der Waals surface area contributed by atoms with Gasteiger partial charge in [0.25, 0.3) is 11.8 Å². The Kier molecular flexibility index (Phi) is 7.09. The molecule has 154 valence electrons. The van der Waals surface area contributed by atoms with E-state index in [2.05, 4.69) is 5.32 Å². The van der Waals surface area contributed by atoms with Crippen LogP contribution in [0.15, 0.2) is 36.4 Å². The molecule has 0 aliphatic carbocycles. The maximum Gasteiger partial charge on any atom is 0.255 e. The van der Waals surface area contributed by atoms with Crippen molar-refractivity contribution in [3.8, 4) is 5.75 Å². The predicted octanol–water partition coefficient (Wildman–Crippen LogP) is 4.22. The summed E-state index contributed by atoms with van der Waals surface area (Å²) >= 11 is 6.02. The summed E-state index contributed by atoms with van der Waals surface area (Å²) in [6, 6.07) is 9.49. The Labute approximate surface area is 174 Å². The summed E-state index contributed by atoms with van der Waals surface area (Å²) in [6.45, 7) is 3.50. The van der Waals surface area contributed by atoms with Crippen LogP contribution in [-0.2, 0) is 0 Å². The van der Waals surface area contributed by atoms with Gasteiger partial charge in [0.2, 0.25) is 0 Å². The van der Waals surface area contributed by atoms with Gasteiger partial charge in [0.1, 0.15) is 11.6 Å². The van der Waals surface area contributed by atoms with E-state index in [1.807, 2.05) is 0 Å². The van der Waals surface area contributed by atoms with Gasteiger partial charge in [0.05, 0.1) is 12.2 Å². The second-order valence-corrected chi connectivity index (χ2v) is 7.50. The Morgan fingerprint density at radius 1 is 1.14 bits per heavy atom. The fourth-order valence-corrected chi connectivity index (χ4v) is 3.36. The zero-order valence-electron chi connectivity index (χ0n) is 16.3. The average molecular weight is 419 g/mol. The first-order valence-corrected chi connectivity index (χ1v) is 10.1. The molecule has 1 aliphatic rings. The van der Waals surface area contributed by atoms with Gasteiger partial charge in [-0.05, 0) is 62.1 Å². The third kappa shape index (κ3) is 5.48. The maximum atomic E-state index is 13.9. The SMILES string of the molecule is Cc1ccc(C(=O)N2CCCCNC(=O)c3cc(Cl)ccc3OCCC2)cc1F. The molecule has 5 nitrogen and oxygen atoms in total. The number of hydrogen-bond acceptors (Lipinski definition) is 3. The zero-order valence-corrected chi connectivity index (χ0v) is 17.1. The van der Waals surface area contributed by atoms with E-state index < -0.39 is 0 Å². The molecular formula is C22H24ClFN2O3. The highest BCUT2D eigenvalue weighted by molar-refractivity contribution is 6.31. The molecular weight excluding hydrogens is 395 g/mol. The molecule has 0 fully saturated rings.